The fourth-order valence-electron chi connectivity index (χ4n) is 6.61. The third-order valence-electron chi connectivity index (χ3n) is 9.12. The van der Waals surface area contributed by atoms with Crippen LogP contribution in [-0.2, 0) is 24.3 Å². The van der Waals surface area contributed by atoms with E-state index in [9.17, 15) is 9.90 Å². The summed E-state index contributed by atoms with van der Waals surface area (Å²) in [4.78, 5) is 19.5. The average molecular weight is 579 g/mol. The Kier molecular flexibility index (Phi) is 7.49. The smallest absolute Gasteiger partial charge is 0.356 e. The van der Waals surface area contributed by atoms with Crippen LogP contribution in [0.25, 0.3) is 22.6 Å². The molecule has 43 heavy (non-hydrogen) atoms. The van der Waals surface area contributed by atoms with E-state index in [1.54, 1.807) is 0 Å². The maximum absolute atomic E-state index is 11.9. The minimum absolute atomic E-state index is 0.0926. The van der Waals surface area contributed by atoms with E-state index in [0.717, 1.165) is 92.4 Å². The standard InChI is InChI=1S/C35H38N4O4/c1-22-5-3-6-29(30-7-4-8-31(36-30)33-23(2)32(35(40)41)37-39(33)28-11-12-28)34(22)43-21-24-9-10-26-20-38(16-13-25(26)19-24)27-14-17-42-18-15-27/h3-10,19,27-28H,11-18,20-21H2,1-2H3,(H,40,41). The number of pyridine rings is 1. The highest BCUT2D eigenvalue weighted by molar-refractivity contribution is 5.89. The molecule has 2 aromatic carbocycles. The highest BCUT2D eigenvalue weighted by Gasteiger charge is 2.32. The molecule has 1 saturated carbocycles. The van der Waals surface area contributed by atoms with Gasteiger partial charge in [-0.3, -0.25) is 9.58 Å². The maximum atomic E-state index is 11.9. The van der Waals surface area contributed by atoms with Gasteiger partial charge >= 0.3 is 5.97 Å². The summed E-state index contributed by atoms with van der Waals surface area (Å²) in [7, 11) is 0. The second kappa shape index (κ2) is 11.6. The van der Waals surface area contributed by atoms with Gasteiger partial charge in [-0.05, 0) is 86.4 Å². The summed E-state index contributed by atoms with van der Waals surface area (Å²) in [5, 5.41) is 14.2. The Morgan fingerprint density at radius 1 is 0.977 bits per heavy atom. The molecular weight excluding hydrogens is 540 g/mol. The van der Waals surface area contributed by atoms with E-state index < -0.39 is 5.97 Å². The van der Waals surface area contributed by atoms with Crippen molar-refractivity contribution in [2.75, 3.05) is 19.8 Å². The maximum Gasteiger partial charge on any atom is 0.356 e. The molecule has 2 aromatic heterocycles. The van der Waals surface area contributed by atoms with Gasteiger partial charge in [0.2, 0.25) is 0 Å². The number of nitrogens with zero attached hydrogens (tertiary/aromatic N) is 4. The van der Waals surface area contributed by atoms with Crippen LogP contribution in [0.3, 0.4) is 0 Å². The number of hydrogen-bond donors (Lipinski definition) is 1. The number of fused-ring (bicyclic) bond motifs is 1. The van der Waals surface area contributed by atoms with Gasteiger partial charge in [0.05, 0.1) is 23.1 Å². The van der Waals surface area contributed by atoms with Crippen molar-refractivity contribution in [2.45, 2.75) is 71.2 Å². The fourth-order valence-corrected chi connectivity index (χ4v) is 6.61. The van der Waals surface area contributed by atoms with E-state index >= 15 is 0 Å². The lowest BCUT2D eigenvalue weighted by Crippen LogP contribution is -2.42. The Labute approximate surface area is 252 Å². The Balaban J connectivity index is 1.13. The van der Waals surface area contributed by atoms with Gasteiger partial charge in [0, 0.05) is 43.5 Å². The van der Waals surface area contributed by atoms with Crippen LogP contribution in [0, 0.1) is 13.8 Å². The van der Waals surface area contributed by atoms with Crippen molar-refractivity contribution in [1.29, 1.82) is 0 Å². The number of ether oxygens (including phenoxy) is 2. The first-order valence-electron chi connectivity index (χ1n) is 15.4. The van der Waals surface area contributed by atoms with Crippen molar-refractivity contribution in [3.63, 3.8) is 0 Å². The predicted molar refractivity (Wildman–Crippen MR) is 164 cm³/mol. The molecule has 0 atom stereocenters. The monoisotopic (exact) mass is 578 g/mol. The average Bonchev–Trinajstić information content (AvgIpc) is 3.82. The first kappa shape index (κ1) is 27.8. The Hall–Kier alpha value is -4.01. The van der Waals surface area contributed by atoms with Crippen LogP contribution >= 0.6 is 0 Å². The molecule has 0 bridgehead atoms. The van der Waals surface area contributed by atoms with Gasteiger partial charge in [-0.25, -0.2) is 9.78 Å². The van der Waals surface area contributed by atoms with Gasteiger partial charge in [0.15, 0.2) is 5.69 Å². The summed E-state index contributed by atoms with van der Waals surface area (Å²) >= 11 is 0. The number of carbonyl (C=O) groups is 1. The SMILES string of the molecule is Cc1cccc(-c2cccc(-c3c(C)c(C(=O)O)nn3C3CC3)n2)c1OCc1ccc2c(c1)CCN(C1CCOCC1)C2. The Bertz CT molecular complexity index is 1670. The van der Waals surface area contributed by atoms with Crippen molar-refractivity contribution in [3.8, 4) is 28.4 Å². The summed E-state index contributed by atoms with van der Waals surface area (Å²) in [5.74, 6) is -0.197. The van der Waals surface area contributed by atoms with Gasteiger partial charge in [-0.2, -0.15) is 5.10 Å². The molecule has 1 aliphatic carbocycles. The normalized spacial score (nSPS) is 17.5. The predicted octanol–water partition coefficient (Wildman–Crippen LogP) is 6.38. The van der Waals surface area contributed by atoms with E-state index in [-0.39, 0.29) is 11.7 Å². The molecule has 1 saturated heterocycles. The van der Waals surface area contributed by atoms with Crippen LogP contribution in [0.5, 0.6) is 5.75 Å². The molecule has 2 fully saturated rings. The zero-order valence-electron chi connectivity index (χ0n) is 24.9. The first-order valence-corrected chi connectivity index (χ1v) is 15.4. The molecule has 222 valence electrons. The van der Waals surface area contributed by atoms with Crippen LogP contribution in [0.1, 0.15) is 70.0 Å². The molecule has 4 heterocycles. The van der Waals surface area contributed by atoms with Gasteiger partial charge in [-0.1, -0.05) is 36.4 Å². The largest absolute Gasteiger partial charge is 0.488 e. The third kappa shape index (κ3) is 5.57. The third-order valence-corrected chi connectivity index (χ3v) is 9.12. The molecular formula is C35H38N4O4. The highest BCUT2D eigenvalue weighted by atomic mass is 16.5. The zero-order valence-corrected chi connectivity index (χ0v) is 24.9. The topological polar surface area (TPSA) is 89.7 Å². The van der Waals surface area contributed by atoms with Crippen molar-refractivity contribution in [2.24, 2.45) is 0 Å². The lowest BCUT2D eigenvalue weighted by Gasteiger charge is -2.37. The second-order valence-electron chi connectivity index (χ2n) is 12.1. The molecule has 0 spiro atoms. The Morgan fingerprint density at radius 3 is 2.56 bits per heavy atom. The number of aryl methyl sites for hydroxylation is 1. The molecule has 0 amide bonds. The van der Waals surface area contributed by atoms with Crippen molar-refractivity contribution < 1.29 is 19.4 Å². The van der Waals surface area contributed by atoms with Gasteiger partial charge in [0.25, 0.3) is 0 Å². The number of benzene rings is 2. The molecule has 4 aromatic rings. The number of aromatic nitrogens is 3. The van der Waals surface area contributed by atoms with Crippen LogP contribution in [0.4, 0.5) is 0 Å². The summed E-state index contributed by atoms with van der Waals surface area (Å²) in [6, 6.07) is 19.7. The number of hydrogen-bond acceptors (Lipinski definition) is 6. The van der Waals surface area contributed by atoms with Crippen LogP contribution in [0.15, 0.2) is 54.6 Å². The molecule has 7 rings (SSSR count). The number of carboxylic acids is 1. The number of carboxylic acid groups (broad SMARTS) is 1. The van der Waals surface area contributed by atoms with Gasteiger partial charge < -0.3 is 14.6 Å². The second-order valence-corrected chi connectivity index (χ2v) is 12.1. The summed E-state index contributed by atoms with van der Waals surface area (Å²) in [6.45, 7) is 8.22. The summed E-state index contributed by atoms with van der Waals surface area (Å²) in [5.41, 5.74) is 9.00. The molecule has 0 unspecified atom stereocenters. The van der Waals surface area contributed by atoms with E-state index in [1.807, 2.05) is 41.9 Å². The van der Waals surface area contributed by atoms with Gasteiger partial charge in [0.1, 0.15) is 12.4 Å². The highest BCUT2D eigenvalue weighted by Crippen LogP contribution is 2.40. The first-order chi connectivity index (χ1) is 21.0. The minimum atomic E-state index is -1.01. The summed E-state index contributed by atoms with van der Waals surface area (Å²) < 4.78 is 14.0. The lowest BCUT2D eigenvalue weighted by atomic mass is 9.95. The van der Waals surface area contributed by atoms with Crippen molar-refractivity contribution in [1.82, 2.24) is 19.7 Å². The molecule has 1 N–H and O–H groups in total. The van der Waals surface area contributed by atoms with Crippen LogP contribution < -0.4 is 4.74 Å². The number of rotatable bonds is 8. The summed E-state index contributed by atoms with van der Waals surface area (Å²) in [6.07, 6.45) is 5.32. The molecule has 8 heteroatoms. The van der Waals surface area contributed by atoms with E-state index in [0.29, 0.717) is 18.2 Å². The minimum Gasteiger partial charge on any atom is -0.488 e. The molecule has 0 radical (unpaired) electrons. The molecule has 8 nitrogen and oxygen atoms in total. The van der Waals surface area contributed by atoms with E-state index in [4.69, 9.17) is 14.5 Å². The van der Waals surface area contributed by atoms with Crippen molar-refractivity contribution >= 4 is 5.97 Å². The van der Waals surface area contributed by atoms with Crippen molar-refractivity contribution in [3.05, 3.63) is 88.1 Å². The van der Waals surface area contributed by atoms with E-state index in [2.05, 4.69) is 41.2 Å². The molecule has 3 aliphatic rings. The van der Waals surface area contributed by atoms with Crippen LogP contribution in [0.2, 0.25) is 0 Å². The lowest BCUT2D eigenvalue weighted by molar-refractivity contribution is 0.0290. The Morgan fingerprint density at radius 2 is 1.77 bits per heavy atom. The number of aromatic carboxylic acids is 1. The molecule has 2 aliphatic heterocycles. The van der Waals surface area contributed by atoms with Gasteiger partial charge in [-0.15, -0.1) is 0 Å². The van der Waals surface area contributed by atoms with Crippen LogP contribution in [-0.4, -0.2) is 56.5 Å². The quantitative estimate of drug-likeness (QED) is 0.260. The number of para-hydroxylation sites is 1. The fraction of sp³-hybridized carbons (Fsp3) is 0.400. The zero-order chi connectivity index (χ0) is 29.5. The van der Waals surface area contributed by atoms with E-state index in [1.165, 1.54) is 16.7 Å².